The number of rotatable bonds is 4. The second-order valence-corrected chi connectivity index (χ2v) is 8.29. The van der Waals surface area contributed by atoms with Crippen molar-refractivity contribution in [3.63, 3.8) is 0 Å². The number of hydrogen-bond donors (Lipinski definition) is 0. The first-order chi connectivity index (χ1) is 11.0. The zero-order chi connectivity index (χ0) is 16.4. The smallest absolute Gasteiger partial charge is 0.203 e. The fourth-order valence-electron chi connectivity index (χ4n) is 2.58. The molecule has 120 valence electrons. The summed E-state index contributed by atoms with van der Waals surface area (Å²) in [6.07, 6.45) is 0. The van der Waals surface area contributed by atoms with E-state index in [1.165, 1.54) is 0 Å². The summed E-state index contributed by atoms with van der Waals surface area (Å²) in [6.45, 7) is 6.38. The molecule has 0 bridgehead atoms. The quantitative estimate of drug-likeness (QED) is 0.850. The van der Waals surface area contributed by atoms with Crippen molar-refractivity contribution in [3.8, 4) is 0 Å². The van der Waals surface area contributed by atoms with Crippen molar-refractivity contribution in [1.29, 1.82) is 0 Å². The molecule has 0 spiro atoms. The molecule has 2 atom stereocenters. The molecule has 0 unspecified atom stereocenters. The van der Waals surface area contributed by atoms with Gasteiger partial charge in [-0.2, -0.15) is 0 Å². The van der Waals surface area contributed by atoms with Gasteiger partial charge in [-0.1, -0.05) is 48.0 Å². The summed E-state index contributed by atoms with van der Waals surface area (Å²) < 4.78 is 18.1. The van der Waals surface area contributed by atoms with Crippen LogP contribution in [0.5, 0.6) is 0 Å². The molecule has 0 aliphatic carbocycles. The van der Waals surface area contributed by atoms with Crippen molar-refractivity contribution in [2.45, 2.75) is 36.5 Å². The molecule has 2 aromatic carbocycles. The van der Waals surface area contributed by atoms with Gasteiger partial charge >= 0.3 is 0 Å². The van der Waals surface area contributed by atoms with Crippen LogP contribution in [-0.2, 0) is 15.5 Å². The minimum atomic E-state index is -1.22. The standard InChI is InChI=1S/C19H21NO2S/c1-14-9-11-16(12-10-14)23(21)19(2,3)18-20-17(13-22-18)15-7-5-4-6-8-15/h4-12,17H,13H2,1-3H3/t17-,23+/m1/s1. The molecule has 0 fully saturated rings. The van der Waals surface area contributed by atoms with E-state index >= 15 is 0 Å². The molecule has 0 N–H and O–H groups in total. The Kier molecular flexibility index (Phi) is 4.35. The van der Waals surface area contributed by atoms with Crippen molar-refractivity contribution < 1.29 is 8.95 Å². The predicted molar refractivity (Wildman–Crippen MR) is 94.2 cm³/mol. The van der Waals surface area contributed by atoms with E-state index in [0.717, 1.165) is 16.0 Å². The van der Waals surface area contributed by atoms with Gasteiger partial charge in [-0.25, -0.2) is 4.99 Å². The Hall–Kier alpha value is -1.94. The molecule has 2 aromatic rings. The number of benzene rings is 2. The van der Waals surface area contributed by atoms with Crippen LogP contribution in [0.15, 0.2) is 64.5 Å². The van der Waals surface area contributed by atoms with Crippen LogP contribution in [0.3, 0.4) is 0 Å². The molecular formula is C19H21NO2S. The summed E-state index contributed by atoms with van der Waals surface area (Å²) in [6, 6.07) is 17.8. The van der Waals surface area contributed by atoms with E-state index < -0.39 is 15.5 Å². The number of aliphatic imine (C=N–C) groups is 1. The highest BCUT2D eigenvalue weighted by atomic mass is 32.2. The molecule has 0 radical (unpaired) electrons. The summed E-state index contributed by atoms with van der Waals surface area (Å²) in [5, 5.41) is 0. The molecule has 3 rings (SSSR count). The lowest BCUT2D eigenvalue weighted by Gasteiger charge is -2.23. The Balaban J connectivity index is 1.85. The van der Waals surface area contributed by atoms with E-state index in [2.05, 4.69) is 0 Å². The summed E-state index contributed by atoms with van der Waals surface area (Å²) in [5.41, 5.74) is 2.28. The van der Waals surface area contributed by atoms with Crippen molar-refractivity contribution in [2.75, 3.05) is 6.61 Å². The molecule has 1 aliphatic rings. The van der Waals surface area contributed by atoms with Crippen LogP contribution in [0.1, 0.15) is 31.0 Å². The maximum Gasteiger partial charge on any atom is 0.203 e. The largest absolute Gasteiger partial charge is 0.477 e. The molecule has 0 saturated heterocycles. The second kappa shape index (κ2) is 6.28. The van der Waals surface area contributed by atoms with E-state index in [1.54, 1.807) is 0 Å². The van der Waals surface area contributed by atoms with Crippen LogP contribution in [-0.4, -0.2) is 21.5 Å². The molecule has 0 saturated carbocycles. The van der Waals surface area contributed by atoms with Crippen LogP contribution in [0.2, 0.25) is 0 Å². The highest BCUT2D eigenvalue weighted by Gasteiger charge is 2.38. The van der Waals surface area contributed by atoms with Gasteiger partial charge in [0.05, 0.1) is 10.8 Å². The Bertz CT molecular complexity index is 736. The number of nitrogens with zero attached hydrogens (tertiary/aromatic N) is 1. The first kappa shape index (κ1) is 15.9. The van der Waals surface area contributed by atoms with Gasteiger partial charge in [0.15, 0.2) is 0 Å². The Morgan fingerprint density at radius 3 is 2.39 bits per heavy atom. The van der Waals surface area contributed by atoms with E-state index in [-0.39, 0.29) is 6.04 Å². The highest BCUT2D eigenvalue weighted by molar-refractivity contribution is 7.87. The van der Waals surface area contributed by atoms with Gasteiger partial charge in [-0.05, 0) is 38.5 Å². The first-order valence-corrected chi connectivity index (χ1v) is 8.88. The van der Waals surface area contributed by atoms with Gasteiger partial charge in [-0.15, -0.1) is 0 Å². The van der Waals surface area contributed by atoms with Crippen molar-refractivity contribution in [1.82, 2.24) is 0 Å². The van der Waals surface area contributed by atoms with Crippen LogP contribution < -0.4 is 0 Å². The molecule has 4 heteroatoms. The lowest BCUT2D eigenvalue weighted by Crippen LogP contribution is -2.37. The Labute approximate surface area is 139 Å². The summed E-state index contributed by atoms with van der Waals surface area (Å²) in [5.74, 6) is 0.574. The van der Waals surface area contributed by atoms with Gasteiger partial charge in [-0.3, -0.25) is 4.21 Å². The highest BCUT2D eigenvalue weighted by Crippen LogP contribution is 2.31. The summed E-state index contributed by atoms with van der Waals surface area (Å²) in [4.78, 5) is 5.50. The molecule has 0 amide bonds. The third-order valence-electron chi connectivity index (χ3n) is 4.05. The fraction of sp³-hybridized carbons (Fsp3) is 0.316. The van der Waals surface area contributed by atoms with E-state index in [9.17, 15) is 4.21 Å². The second-order valence-electron chi connectivity index (χ2n) is 6.26. The number of aryl methyl sites for hydroxylation is 1. The number of ether oxygens (including phenoxy) is 1. The third kappa shape index (κ3) is 3.22. The third-order valence-corrected chi connectivity index (χ3v) is 5.85. The summed E-state index contributed by atoms with van der Waals surface area (Å²) in [7, 11) is -1.22. The van der Waals surface area contributed by atoms with Gasteiger partial charge in [0.2, 0.25) is 5.90 Å². The predicted octanol–water partition coefficient (Wildman–Crippen LogP) is 4.05. The average Bonchev–Trinajstić information content (AvgIpc) is 3.06. The normalized spacial score (nSPS) is 19.1. The monoisotopic (exact) mass is 327 g/mol. The Morgan fingerprint density at radius 2 is 1.74 bits per heavy atom. The summed E-state index contributed by atoms with van der Waals surface area (Å²) >= 11 is 0. The van der Waals surface area contributed by atoms with Gasteiger partial charge < -0.3 is 4.74 Å². The number of hydrogen-bond acceptors (Lipinski definition) is 3. The first-order valence-electron chi connectivity index (χ1n) is 7.73. The maximum atomic E-state index is 13.0. The van der Waals surface area contributed by atoms with Gasteiger partial charge in [0.1, 0.15) is 17.4 Å². The van der Waals surface area contributed by atoms with Gasteiger partial charge in [0, 0.05) is 4.90 Å². The van der Waals surface area contributed by atoms with E-state index in [1.807, 2.05) is 75.4 Å². The SMILES string of the molecule is Cc1ccc([S@](=O)C(C)(C)C2=N[C@@H](c3ccccc3)CO2)cc1. The van der Waals surface area contributed by atoms with Gasteiger partial charge in [0.25, 0.3) is 0 Å². The minimum Gasteiger partial charge on any atom is -0.477 e. The van der Waals surface area contributed by atoms with Crippen LogP contribution >= 0.6 is 0 Å². The topological polar surface area (TPSA) is 38.7 Å². The van der Waals surface area contributed by atoms with Crippen LogP contribution in [0, 0.1) is 6.92 Å². The zero-order valence-corrected chi connectivity index (χ0v) is 14.5. The molecule has 23 heavy (non-hydrogen) atoms. The van der Waals surface area contributed by atoms with Crippen molar-refractivity contribution in [2.24, 2.45) is 4.99 Å². The van der Waals surface area contributed by atoms with E-state index in [0.29, 0.717) is 12.5 Å². The average molecular weight is 327 g/mol. The molecule has 1 aliphatic heterocycles. The van der Waals surface area contributed by atoms with Crippen LogP contribution in [0.4, 0.5) is 0 Å². The molecule has 3 nitrogen and oxygen atoms in total. The van der Waals surface area contributed by atoms with E-state index in [4.69, 9.17) is 9.73 Å². The Morgan fingerprint density at radius 1 is 1.09 bits per heavy atom. The zero-order valence-electron chi connectivity index (χ0n) is 13.7. The molecular weight excluding hydrogens is 306 g/mol. The molecule has 1 heterocycles. The maximum absolute atomic E-state index is 13.0. The van der Waals surface area contributed by atoms with Crippen molar-refractivity contribution in [3.05, 3.63) is 65.7 Å². The fourth-order valence-corrected chi connectivity index (χ4v) is 3.83. The lowest BCUT2D eigenvalue weighted by atomic mass is 10.1. The lowest BCUT2D eigenvalue weighted by molar-refractivity contribution is 0.306. The van der Waals surface area contributed by atoms with Crippen LogP contribution in [0.25, 0.3) is 0 Å². The van der Waals surface area contributed by atoms with Crippen molar-refractivity contribution >= 4 is 16.7 Å². The minimum absolute atomic E-state index is 0.0134. The molecule has 0 aromatic heterocycles.